The molecule has 2 rings (SSSR count). The van der Waals surface area contributed by atoms with Crippen LogP contribution in [0.5, 0.6) is 0 Å². The number of nitrogens with one attached hydrogen (secondary N) is 1. The molecule has 1 saturated heterocycles. The van der Waals surface area contributed by atoms with Gasteiger partial charge in [-0.1, -0.05) is 5.16 Å². The Kier molecular flexibility index (Phi) is 5.36. The molecule has 2 heterocycles. The van der Waals surface area contributed by atoms with Gasteiger partial charge in [-0.15, -0.1) is 0 Å². The topological polar surface area (TPSA) is 60.2 Å². The van der Waals surface area contributed by atoms with Crippen molar-refractivity contribution in [1.29, 1.82) is 0 Å². The highest BCUT2D eigenvalue weighted by molar-refractivity contribution is 4.89. The lowest BCUT2D eigenvalue weighted by Gasteiger charge is -2.20. The molecule has 1 aliphatic heterocycles. The summed E-state index contributed by atoms with van der Waals surface area (Å²) in [6, 6.07) is 0. The molecule has 0 saturated carbocycles. The van der Waals surface area contributed by atoms with Crippen LogP contribution in [0.1, 0.15) is 24.6 Å². The smallest absolute Gasteiger partial charge is 0.372 e. The van der Waals surface area contributed by atoms with Crippen molar-refractivity contribution in [2.75, 3.05) is 26.3 Å². The predicted molar refractivity (Wildman–Crippen MR) is 64.2 cm³/mol. The molecule has 0 atom stereocenters. The molecule has 114 valence electrons. The summed E-state index contributed by atoms with van der Waals surface area (Å²) in [5, 5.41) is 7.03. The van der Waals surface area contributed by atoms with E-state index < -0.39 is 12.8 Å². The van der Waals surface area contributed by atoms with E-state index in [4.69, 9.17) is 4.52 Å². The fourth-order valence-electron chi connectivity index (χ4n) is 2.16. The van der Waals surface area contributed by atoms with Gasteiger partial charge in [-0.3, -0.25) is 0 Å². The molecule has 1 aliphatic rings. The molecule has 1 aromatic rings. The highest BCUT2D eigenvalue weighted by Crippen LogP contribution is 2.17. The normalized spacial score (nSPS) is 17.6. The third-order valence-electron chi connectivity index (χ3n) is 3.17. The Bertz CT molecular complexity index is 403. The van der Waals surface area contributed by atoms with Gasteiger partial charge in [0.25, 0.3) is 0 Å². The van der Waals surface area contributed by atoms with E-state index in [1.54, 1.807) is 0 Å². The highest BCUT2D eigenvalue weighted by Gasteiger charge is 2.27. The van der Waals surface area contributed by atoms with Gasteiger partial charge in [0.1, 0.15) is 6.61 Å². The van der Waals surface area contributed by atoms with E-state index in [9.17, 15) is 13.2 Å². The quantitative estimate of drug-likeness (QED) is 0.809. The van der Waals surface area contributed by atoms with Crippen LogP contribution in [0.4, 0.5) is 13.2 Å². The second kappa shape index (κ2) is 7.03. The number of piperidine rings is 1. The molecule has 1 N–H and O–H groups in total. The van der Waals surface area contributed by atoms with Crippen molar-refractivity contribution in [2.45, 2.75) is 31.9 Å². The van der Waals surface area contributed by atoms with Gasteiger partial charge in [0.15, 0.2) is 5.82 Å². The molecule has 0 aliphatic carbocycles. The second-order valence-corrected chi connectivity index (χ2v) is 4.92. The van der Waals surface area contributed by atoms with Crippen LogP contribution in [0.3, 0.4) is 0 Å². The van der Waals surface area contributed by atoms with Crippen molar-refractivity contribution < 1.29 is 22.4 Å². The average molecular weight is 293 g/mol. The van der Waals surface area contributed by atoms with E-state index in [-0.39, 0.29) is 13.0 Å². The fourth-order valence-corrected chi connectivity index (χ4v) is 2.16. The fraction of sp³-hybridized carbons (Fsp3) is 0.833. The van der Waals surface area contributed by atoms with Gasteiger partial charge in [0.05, 0.1) is 6.61 Å². The van der Waals surface area contributed by atoms with Crippen LogP contribution in [-0.2, 0) is 17.6 Å². The zero-order chi connectivity index (χ0) is 14.4. The summed E-state index contributed by atoms with van der Waals surface area (Å²) < 4.78 is 45.2. The van der Waals surface area contributed by atoms with Crippen molar-refractivity contribution in [1.82, 2.24) is 15.5 Å². The number of alkyl halides is 3. The summed E-state index contributed by atoms with van der Waals surface area (Å²) in [6.07, 6.45) is -1.18. The Hall–Kier alpha value is -1.15. The summed E-state index contributed by atoms with van der Waals surface area (Å²) in [7, 11) is 0. The van der Waals surface area contributed by atoms with Crippen LogP contribution in [0.25, 0.3) is 0 Å². The lowest BCUT2D eigenvalue weighted by molar-refractivity contribution is -0.173. The van der Waals surface area contributed by atoms with Gasteiger partial charge < -0.3 is 14.6 Å². The Labute approximate surface area is 114 Å². The number of hydrogen-bond acceptors (Lipinski definition) is 5. The van der Waals surface area contributed by atoms with E-state index in [0.717, 1.165) is 32.4 Å². The number of hydrogen-bond donors (Lipinski definition) is 1. The van der Waals surface area contributed by atoms with Gasteiger partial charge in [0.2, 0.25) is 5.89 Å². The number of aromatic nitrogens is 2. The number of rotatable bonds is 6. The average Bonchev–Trinajstić information content (AvgIpc) is 2.82. The lowest BCUT2D eigenvalue weighted by atomic mass is 9.95. The molecule has 1 fully saturated rings. The van der Waals surface area contributed by atoms with Gasteiger partial charge in [-0.25, -0.2) is 0 Å². The maximum Gasteiger partial charge on any atom is 0.411 e. The van der Waals surface area contributed by atoms with Gasteiger partial charge in [0, 0.05) is 12.8 Å². The molecule has 0 aromatic carbocycles. The van der Waals surface area contributed by atoms with E-state index in [2.05, 4.69) is 20.2 Å². The van der Waals surface area contributed by atoms with Gasteiger partial charge >= 0.3 is 6.18 Å². The molecule has 1 aromatic heterocycles. The summed E-state index contributed by atoms with van der Waals surface area (Å²) in [5.74, 6) is 1.49. The number of nitrogens with zero attached hydrogens (tertiary/aromatic N) is 2. The Morgan fingerprint density at radius 1 is 1.30 bits per heavy atom. The third-order valence-corrected chi connectivity index (χ3v) is 3.17. The van der Waals surface area contributed by atoms with Crippen molar-refractivity contribution in [3.8, 4) is 0 Å². The van der Waals surface area contributed by atoms with Crippen LogP contribution in [0.2, 0.25) is 0 Å². The van der Waals surface area contributed by atoms with E-state index in [1.807, 2.05) is 0 Å². The molecular weight excluding hydrogens is 275 g/mol. The minimum absolute atomic E-state index is 0.0637. The largest absolute Gasteiger partial charge is 0.411 e. The first kappa shape index (κ1) is 15.2. The molecule has 20 heavy (non-hydrogen) atoms. The van der Waals surface area contributed by atoms with E-state index in [1.165, 1.54) is 0 Å². The SMILES string of the molecule is FC(F)(F)COCCc1noc(CC2CCNCC2)n1. The summed E-state index contributed by atoms with van der Waals surface area (Å²) in [5.41, 5.74) is 0. The van der Waals surface area contributed by atoms with Gasteiger partial charge in [-0.05, 0) is 31.8 Å². The van der Waals surface area contributed by atoms with Crippen molar-refractivity contribution in [3.05, 3.63) is 11.7 Å². The number of halogens is 3. The Morgan fingerprint density at radius 3 is 2.75 bits per heavy atom. The first-order valence-corrected chi connectivity index (χ1v) is 6.69. The van der Waals surface area contributed by atoms with Crippen LogP contribution in [-0.4, -0.2) is 42.6 Å². The zero-order valence-electron chi connectivity index (χ0n) is 11.1. The van der Waals surface area contributed by atoms with Crippen molar-refractivity contribution >= 4 is 0 Å². The maximum absolute atomic E-state index is 11.9. The molecule has 0 spiro atoms. The molecule has 8 heteroatoms. The minimum atomic E-state index is -4.29. The summed E-state index contributed by atoms with van der Waals surface area (Å²) >= 11 is 0. The van der Waals surface area contributed by atoms with Crippen LogP contribution in [0, 0.1) is 5.92 Å². The monoisotopic (exact) mass is 293 g/mol. The molecule has 0 amide bonds. The van der Waals surface area contributed by atoms with E-state index in [0.29, 0.717) is 17.6 Å². The molecule has 5 nitrogen and oxygen atoms in total. The minimum Gasteiger partial charge on any atom is -0.372 e. The molecular formula is C12H18F3N3O2. The Morgan fingerprint density at radius 2 is 2.05 bits per heavy atom. The van der Waals surface area contributed by atoms with Crippen molar-refractivity contribution in [3.63, 3.8) is 0 Å². The summed E-state index contributed by atoms with van der Waals surface area (Å²) in [4.78, 5) is 4.18. The van der Waals surface area contributed by atoms with Crippen LogP contribution >= 0.6 is 0 Å². The molecule has 0 unspecified atom stereocenters. The predicted octanol–water partition coefficient (Wildman–Crippen LogP) is 1.73. The first-order chi connectivity index (χ1) is 9.53. The molecule has 0 radical (unpaired) electrons. The first-order valence-electron chi connectivity index (χ1n) is 6.69. The third kappa shape index (κ3) is 5.46. The van der Waals surface area contributed by atoms with Crippen molar-refractivity contribution in [2.24, 2.45) is 5.92 Å². The Balaban J connectivity index is 1.69. The standard InChI is InChI=1S/C12H18F3N3O2/c13-12(14,15)8-19-6-3-10-17-11(20-18-10)7-9-1-4-16-5-2-9/h9,16H,1-8H2. The maximum atomic E-state index is 11.9. The van der Waals surface area contributed by atoms with E-state index >= 15 is 0 Å². The second-order valence-electron chi connectivity index (χ2n) is 4.92. The zero-order valence-corrected chi connectivity index (χ0v) is 11.1. The highest BCUT2D eigenvalue weighted by atomic mass is 19.4. The molecule has 0 bridgehead atoms. The van der Waals surface area contributed by atoms with Gasteiger partial charge in [-0.2, -0.15) is 18.2 Å². The van der Waals surface area contributed by atoms with Crippen LogP contribution < -0.4 is 5.32 Å². The van der Waals surface area contributed by atoms with Crippen LogP contribution in [0.15, 0.2) is 4.52 Å². The lowest BCUT2D eigenvalue weighted by Crippen LogP contribution is -2.28. The number of ether oxygens (including phenoxy) is 1. The summed E-state index contributed by atoms with van der Waals surface area (Å²) in [6.45, 7) is 0.687.